The lowest BCUT2D eigenvalue weighted by molar-refractivity contribution is -0.166. The Morgan fingerprint density at radius 2 is 0.815 bits per heavy atom. The Labute approximate surface area is 314 Å². The number of nitrogens with one attached hydrogen (secondary N) is 6. The van der Waals surface area contributed by atoms with E-state index < -0.39 is 90.9 Å². The number of hydrogen-bond donors (Lipinski definition) is 9. The Hall–Kier alpha value is -4.89. The van der Waals surface area contributed by atoms with Gasteiger partial charge in [-0.3, -0.25) is 58.8 Å². The molecule has 306 valence electrons. The molecular formula is C33H57N9O12. The third kappa shape index (κ3) is 18.7. The van der Waals surface area contributed by atoms with Crippen molar-refractivity contribution in [3.63, 3.8) is 0 Å². The maximum Gasteiger partial charge on any atom is 0.245 e. The minimum Gasteiger partial charge on any atom is -0.346 e. The SMILES string of the molecule is CCCC(=O)N(O)CCC[C@@H]1NC(=O)CNC(=O)CNC(=O)CNC(=O)[C@H](CCCN(O)C(=O)CCC)NC(=O)[C@H](CCCN(O)C(=O)CCC)NC1=O. The number of amides is 9. The first-order valence-corrected chi connectivity index (χ1v) is 18.3. The second-order valence-corrected chi connectivity index (χ2v) is 12.7. The van der Waals surface area contributed by atoms with E-state index >= 15 is 0 Å². The molecule has 0 saturated carbocycles. The number of hydroxylamine groups is 6. The van der Waals surface area contributed by atoms with Gasteiger partial charge in [0.25, 0.3) is 0 Å². The van der Waals surface area contributed by atoms with Gasteiger partial charge in [-0.2, -0.15) is 0 Å². The number of carbonyl (C=O) groups excluding carboxylic acids is 9. The van der Waals surface area contributed by atoms with Crippen LogP contribution in [0.15, 0.2) is 0 Å². The highest BCUT2D eigenvalue weighted by atomic mass is 16.5. The van der Waals surface area contributed by atoms with Gasteiger partial charge in [0.2, 0.25) is 53.2 Å². The third-order valence-corrected chi connectivity index (χ3v) is 8.08. The Morgan fingerprint density at radius 3 is 1.19 bits per heavy atom. The van der Waals surface area contributed by atoms with E-state index in [1.54, 1.807) is 20.8 Å². The second-order valence-electron chi connectivity index (χ2n) is 12.7. The molecule has 9 amide bonds. The van der Waals surface area contributed by atoms with E-state index in [1.807, 2.05) is 0 Å². The van der Waals surface area contributed by atoms with Crippen molar-refractivity contribution < 1.29 is 58.8 Å². The fraction of sp³-hybridized carbons (Fsp3) is 0.727. The standard InChI is InChI=1S/C33H57N9O12/c1-4-10-28(46)40(52)16-7-13-22-31(49)36-20-26(44)34-19-25(43)35-21-27(45)37-23(14-8-17-41(53)29(47)11-5-2)32(50)39-24(33(51)38-22)15-9-18-42(54)30(48)12-6-3/h22-24,52-54H,4-21H2,1-3H3,(H,34,44)(H,35,43)(H,36,49)(H,37,45)(H,38,51)(H,39,50)/t22-,23-,24-/m0/s1. The van der Waals surface area contributed by atoms with E-state index in [0.717, 1.165) is 0 Å². The predicted octanol–water partition coefficient (Wildman–Crippen LogP) is -1.80. The molecule has 21 nitrogen and oxygen atoms in total. The molecule has 1 rings (SSSR count). The Morgan fingerprint density at radius 1 is 0.500 bits per heavy atom. The highest BCUT2D eigenvalue weighted by molar-refractivity contribution is 5.96. The van der Waals surface area contributed by atoms with Crippen molar-refractivity contribution in [1.82, 2.24) is 47.1 Å². The minimum atomic E-state index is -1.41. The zero-order valence-electron chi connectivity index (χ0n) is 31.3. The van der Waals surface area contributed by atoms with Gasteiger partial charge in [-0.25, -0.2) is 15.2 Å². The van der Waals surface area contributed by atoms with Gasteiger partial charge in [0.1, 0.15) is 18.1 Å². The quantitative estimate of drug-likeness (QED) is 0.0551. The van der Waals surface area contributed by atoms with Gasteiger partial charge in [-0.1, -0.05) is 20.8 Å². The molecule has 1 saturated heterocycles. The zero-order valence-corrected chi connectivity index (χ0v) is 31.3. The Bertz CT molecular complexity index is 1270. The summed E-state index contributed by atoms with van der Waals surface area (Å²) in [5.41, 5.74) is 0. The van der Waals surface area contributed by atoms with Gasteiger partial charge in [0.15, 0.2) is 0 Å². The highest BCUT2D eigenvalue weighted by Gasteiger charge is 2.30. The molecule has 0 spiro atoms. The van der Waals surface area contributed by atoms with Crippen LogP contribution in [0.4, 0.5) is 0 Å². The summed E-state index contributed by atoms with van der Waals surface area (Å²) in [6.45, 7) is 2.89. The van der Waals surface area contributed by atoms with Crippen molar-refractivity contribution in [2.24, 2.45) is 0 Å². The molecule has 9 N–H and O–H groups in total. The summed E-state index contributed by atoms with van der Waals surface area (Å²) in [5, 5.41) is 46.2. The van der Waals surface area contributed by atoms with Crippen LogP contribution in [0.2, 0.25) is 0 Å². The molecule has 0 aromatic heterocycles. The maximum absolute atomic E-state index is 13.8. The van der Waals surface area contributed by atoms with E-state index in [0.29, 0.717) is 34.5 Å². The van der Waals surface area contributed by atoms with Crippen molar-refractivity contribution in [2.75, 3.05) is 39.3 Å². The van der Waals surface area contributed by atoms with E-state index in [-0.39, 0.29) is 77.4 Å². The van der Waals surface area contributed by atoms with Crippen LogP contribution >= 0.6 is 0 Å². The van der Waals surface area contributed by atoms with Gasteiger partial charge in [-0.05, 0) is 57.8 Å². The summed E-state index contributed by atoms with van der Waals surface area (Å²) in [6.07, 6.45) is 1.25. The second kappa shape index (κ2) is 26.0. The lowest BCUT2D eigenvalue weighted by Gasteiger charge is -2.26. The van der Waals surface area contributed by atoms with Crippen LogP contribution in [0.1, 0.15) is 97.8 Å². The molecule has 1 aliphatic rings. The van der Waals surface area contributed by atoms with E-state index in [1.165, 1.54) is 0 Å². The number of hydrogen-bond acceptors (Lipinski definition) is 12. The first-order valence-electron chi connectivity index (χ1n) is 18.3. The van der Waals surface area contributed by atoms with Crippen LogP contribution in [0.25, 0.3) is 0 Å². The van der Waals surface area contributed by atoms with Crippen LogP contribution in [-0.4, -0.2) is 141 Å². The largest absolute Gasteiger partial charge is 0.346 e. The number of rotatable bonds is 18. The summed E-state index contributed by atoms with van der Waals surface area (Å²) < 4.78 is 0. The van der Waals surface area contributed by atoms with Crippen LogP contribution in [0.3, 0.4) is 0 Å². The molecule has 54 heavy (non-hydrogen) atoms. The average molecular weight is 772 g/mol. The highest BCUT2D eigenvalue weighted by Crippen LogP contribution is 2.09. The Balaban J connectivity index is 3.40. The van der Waals surface area contributed by atoms with Crippen molar-refractivity contribution in [3.05, 3.63) is 0 Å². The topological polar surface area (TPSA) is 296 Å². The smallest absolute Gasteiger partial charge is 0.245 e. The molecule has 0 aromatic carbocycles. The molecule has 3 atom stereocenters. The van der Waals surface area contributed by atoms with Crippen molar-refractivity contribution in [3.8, 4) is 0 Å². The molecule has 1 heterocycles. The molecule has 0 aromatic rings. The molecule has 0 bridgehead atoms. The average Bonchev–Trinajstić information content (AvgIpc) is 3.13. The van der Waals surface area contributed by atoms with E-state index in [2.05, 4.69) is 31.9 Å². The molecule has 0 aliphatic carbocycles. The van der Waals surface area contributed by atoms with Gasteiger partial charge >= 0.3 is 0 Å². The summed E-state index contributed by atoms with van der Waals surface area (Å²) in [6, 6.07) is -4.12. The monoisotopic (exact) mass is 771 g/mol. The minimum absolute atomic E-state index is 0.0115. The first-order chi connectivity index (χ1) is 25.6. The predicted molar refractivity (Wildman–Crippen MR) is 188 cm³/mol. The van der Waals surface area contributed by atoms with Crippen molar-refractivity contribution in [2.45, 2.75) is 116 Å². The van der Waals surface area contributed by atoms with Gasteiger partial charge < -0.3 is 31.9 Å². The van der Waals surface area contributed by atoms with Gasteiger partial charge in [-0.15, -0.1) is 0 Å². The van der Waals surface area contributed by atoms with Gasteiger partial charge in [0, 0.05) is 38.9 Å². The normalized spacial score (nSPS) is 19.1. The molecular weight excluding hydrogens is 714 g/mol. The van der Waals surface area contributed by atoms with Gasteiger partial charge in [0.05, 0.1) is 19.6 Å². The molecule has 1 aliphatic heterocycles. The summed E-state index contributed by atoms with van der Waals surface area (Å²) in [7, 11) is 0. The van der Waals surface area contributed by atoms with Crippen molar-refractivity contribution in [1.29, 1.82) is 0 Å². The maximum atomic E-state index is 13.8. The number of carbonyl (C=O) groups is 9. The van der Waals surface area contributed by atoms with Crippen molar-refractivity contribution >= 4 is 53.2 Å². The molecule has 0 radical (unpaired) electrons. The third-order valence-electron chi connectivity index (χ3n) is 8.08. The Kier molecular flexibility index (Phi) is 22.7. The molecule has 0 unspecified atom stereocenters. The van der Waals surface area contributed by atoms with Crippen LogP contribution < -0.4 is 31.9 Å². The number of nitrogens with zero attached hydrogens (tertiary/aromatic N) is 3. The zero-order chi connectivity index (χ0) is 40.6. The van der Waals surface area contributed by atoms with E-state index in [9.17, 15) is 58.8 Å². The lowest BCUT2D eigenvalue weighted by Crippen LogP contribution is -2.58. The summed E-state index contributed by atoms with van der Waals surface area (Å²) in [4.78, 5) is 114. The van der Waals surface area contributed by atoms with E-state index in [4.69, 9.17) is 0 Å². The first kappa shape index (κ1) is 47.1. The lowest BCUT2D eigenvalue weighted by atomic mass is 10.1. The fourth-order valence-electron chi connectivity index (χ4n) is 5.11. The summed E-state index contributed by atoms with van der Waals surface area (Å²) in [5.74, 6) is -6.58. The van der Waals surface area contributed by atoms with Crippen LogP contribution in [-0.2, 0) is 43.2 Å². The molecule has 21 heteroatoms. The summed E-state index contributed by atoms with van der Waals surface area (Å²) >= 11 is 0. The molecule has 1 fully saturated rings. The van der Waals surface area contributed by atoms with Crippen LogP contribution in [0, 0.1) is 0 Å². The fourth-order valence-corrected chi connectivity index (χ4v) is 5.11. The van der Waals surface area contributed by atoms with Crippen LogP contribution in [0.5, 0.6) is 0 Å².